The number of nitrogens with zero attached hydrogens (tertiary/aromatic N) is 1. The van der Waals surface area contributed by atoms with Crippen LogP contribution in [0.4, 0.5) is 0 Å². The maximum Gasteiger partial charge on any atom is 0.263 e. The Morgan fingerprint density at radius 2 is 1.70 bits per heavy atom. The van der Waals surface area contributed by atoms with E-state index >= 15 is 0 Å². The summed E-state index contributed by atoms with van der Waals surface area (Å²) in [6.07, 6.45) is 5.55. The molecule has 2 fully saturated rings. The van der Waals surface area contributed by atoms with E-state index in [1.807, 2.05) is 22.4 Å². The van der Waals surface area contributed by atoms with Crippen LogP contribution in [0, 0.1) is 5.92 Å². The zero-order chi connectivity index (χ0) is 20.8. The minimum atomic E-state index is -0.000592. The highest BCUT2D eigenvalue weighted by Gasteiger charge is 2.28. The Hall–Kier alpha value is -2.18. The lowest BCUT2D eigenvalue weighted by atomic mass is 9.95. The van der Waals surface area contributed by atoms with E-state index < -0.39 is 0 Å². The van der Waals surface area contributed by atoms with E-state index in [4.69, 9.17) is 0 Å². The lowest BCUT2D eigenvalue weighted by Gasteiger charge is -2.31. The van der Waals surface area contributed by atoms with Crippen LogP contribution in [-0.2, 0) is 17.9 Å². The fourth-order valence-corrected chi connectivity index (χ4v) is 5.22. The van der Waals surface area contributed by atoms with Gasteiger partial charge in [-0.15, -0.1) is 11.3 Å². The molecule has 0 saturated carbocycles. The van der Waals surface area contributed by atoms with Crippen LogP contribution in [-0.4, -0.2) is 42.9 Å². The van der Waals surface area contributed by atoms with Crippen LogP contribution in [0.1, 0.15) is 52.9 Å². The van der Waals surface area contributed by atoms with E-state index in [0.717, 1.165) is 29.8 Å². The highest BCUT2D eigenvalue weighted by atomic mass is 32.1. The zero-order valence-corrected chi connectivity index (χ0v) is 18.4. The molecule has 2 aromatic rings. The smallest absolute Gasteiger partial charge is 0.263 e. The van der Waals surface area contributed by atoms with Gasteiger partial charge in [0.25, 0.3) is 5.91 Å². The van der Waals surface area contributed by atoms with Gasteiger partial charge in [-0.3, -0.25) is 9.59 Å². The number of hydrogen-bond donors (Lipinski definition) is 2. The van der Waals surface area contributed by atoms with Gasteiger partial charge in [0.15, 0.2) is 0 Å². The van der Waals surface area contributed by atoms with Gasteiger partial charge in [0.2, 0.25) is 5.91 Å². The molecule has 160 valence electrons. The van der Waals surface area contributed by atoms with E-state index in [9.17, 15) is 9.59 Å². The first-order chi connectivity index (χ1) is 14.7. The van der Waals surface area contributed by atoms with Gasteiger partial charge in [0, 0.05) is 31.1 Å². The number of benzene rings is 1. The van der Waals surface area contributed by atoms with Gasteiger partial charge in [0.1, 0.15) is 6.54 Å². The van der Waals surface area contributed by atoms with Crippen LogP contribution in [0.25, 0.3) is 0 Å². The number of piperidine rings is 2. The zero-order valence-electron chi connectivity index (χ0n) is 17.6. The van der Waals surface area contributed by atoms with Crippen LogP contribution in [0.2, 0.25) is 0 Å². The van der Waals surface area contributed by atoms with Crippen LogP contribution in [0.3, 0.4) is 0 Å². The molecule has 0 aliphatic carbocycles. The monoisotopic (exact) mass is 426 g/mol. The van der Waals surface area contributed by atoms with Gasteiger partial charge < -0.3 is 15.1 Å². The number of carbonyl (C=O) groups is 2. The molecule has 3 heterocycles. The summed E-state index contributed by atoms with van der Waals surface area (Å²) in [5.74, 6) is 0.203. The lowest BCUT2D eigenvalue weighted by Crippen LogP contribution is -3.11. The molecule has 0 unspecified atom stereocenters. The minimum Gasteiger partial charge on any atom is -0.352 e. The topological polar surface area (TPSA) is 53.9 Å². The van der Waals surface area contributed by atoms with Gasteiger partial charge in [-0.25, -0.2) is 0 Å². The van der Waals surface area contributed by atoms with Crippen molar-refractivity contribution in [2.75, 3.05) is 26.2 Å². The maximum absolute atomic E-state index is 12.6. The number of hydrogen-bond acceptors (Lipinski definition) is 3. The van der Waals surface area contributed by atoms with Crippen molar-refractivity contribution in [3.8, 4) is 0 Å². The predicted molar refractivity (Wildman–Crippen MR) is 119 cm³/mol. The fraction of sp³-hybridized carbons (Fsp3) is 0.500. The molecule has 0 spiro atoms. The second-order valence-electron chi connectivity index (χ2n) is 8.57. The summed E-state index contributed by atoms with van der Waals surface area (Å²) >= 11 is 1.48. The first-order valence-electron chi connectivity index (χ1n) is 11.2. The first-order valence-corrected chi connectivity index (χ1v) is 12.1. The molecule has 5 nitrogen and oxygen atoms in total. The van der Waals surface area contributed by atoms with Crippen molar-refractivity contribution < 1.29 is 14.5 Å². The van der Waals surface area contributed by atoms with Crippen molar-refractivity contribution in [3.63, 3.8) is 0 Å². The molecule has 0 bridgehead atoms. The Bertz CT molecular complexity index is 821. The SMILES string of the molecule is O=C(NCc1ccc(C[NH+]2CCCCC2)cc1)C1CCN(C(=O)c2cccs2)CC1. The van der Waals surface area contributed by atoms with Gasteiger partial charge in [0.05, 0.1) is 18.0 Å². The van der Waals surface area contributed by atoms with Crippen LogP contribution < -0.4 is 10.2 Å². The Labute approximate surface area is 183 Å². The molecule has 1 aromatic carbocycles. The van der Waals surface area contributed by atoms with Crippen molar-refractivity contribution in [2.45, 2.75) is 45.2 Å². The van der Waals surface area contributed by atoms with Crippen molar-refractivity contribution in [1.82, 2.24) is 10.2 Å². The second-order valence-corrected chi connectivity index (χ2v) is 9.51. The van der Waals surface area contributed by atoms with Crippen LogP contribution >= 0.6 is 11.3 Å². The van der Waals surface area contributed by atoms with E-state index in [0.29, 0.717) is 19.6 Å². The minimum absolute atomic E-state index is 0.000592. The summed E-state index contributed by atoms with van der Waals surface area (Å²) in [6, 6.07) is 12.5. The second kappa shape index (κ2) is 10.2. The Morgan fingerprint density at radius 3 is 2.37 bits per heavy atom. The molecule has 2 aliphatic heterocycles. The number of likely N-dealkylation sites (tertiary alicyclic amines) is 2. The summed E-state index contributed by atoms with van der Waals surface area (Å²) in [7, 11) is 0. The largest absolute Gasteiger partial charge is 0.352 e. The molecule has 2 aliphatic rings. The summed E-state index contributed by atoms with van der Waals surface area (Å²) < 4.78 is 0. The third-order valence-corrected chi connectivity index (χ3v) is 7.25. The average Bonchev–Trinajstić information content (AvgIpc) is 3.34. The number of carbonyl (C=O) groups excluding carboxylic acids is 2. The molecule has 2 amide bonds. The maximum atomic E-state index is 12.6. The fourth-order valence-electron chi connectivity index (χ4n) is 4.53. The average molecular weight is 427 g/mol. The Balaban J connectivity index is 1.20. The van der Waals surface area contributed by atoms with Crippen LogP contribution in [0.5, 0.6) is 0 Å². The molecule has 2 saturated heterocycles. The number of amides is 2. The third kappa shape index (κ3) is 5.49. The molecule has 1 aromatic heterocycles. The lowest BCUT2D eigenvalue weighted by molar-refractivity contribution is -0.918. The van der Waals surface area contributed by atoms with Gasteiger partial charge in [-0.2, -0.15) is 0 Å². The Kier molecular flexibility index (Phi) is 7.18. The first kappa shape index (κ1) is 21.1. The Morgan fingerprint density at radius 1 is 1.00 bits per heavy atom. The highest BCUT2D eigenvalue weighted by molar-refractivity contribution is 7.12. The third-order valence-electron chi connectivity index (χ3n) is 6.39. The van der Waals surface area contributed by atoms with Crippen molar-refractivity contribution in [3.05, 3.63) is 57.8 Å². The number of nitrogens with one attached hydrogen (secondary N) is 2. The standard InChI is InChI=1S/C24H31N3O2S/c28-23(21-10-14-27(15-11-21)24(29)22-5-4-16-30-22)25-17-19-6-8-20(9-7-19)18-26-12-2-1-3-13-26/h4-9,16,21H,1-3,10-15,17-18H2,(H,25,28)/p+1. The van der Waals surface area contributed by atoms with E-state index in [-0.39, 0.29) is 17.7 Å². The van der Waals surface area contributed by atoms with E-state index in [1.165, 1.54) is 49.3 Å². The van der Waals surface area contributed by atoms with Crippen molar-refractivity contribution >= 4 is 23.2 Å². The number of quaternary nitrogens is 1. The number of rotatable bonds is 6. The van der Waals surface area contributed by atoms with Gasteiger partial charge in [-0.1, -0.05) is 30.3 Å². The molecular formula is C24H32N3O2S+. The highest BCUT2D eigenvalue weighted by Crippen LogP contribution is 2.21. The molecule has 30 heavy (non-hydrogen) atoms. The van der Waals surface area contributed by atoms with Gasteiger partial charge in [-0.05, 0) is 49.1 Å². The van der Waals surface area contributed by atoms with Crippen molar-refractivity contribution in [1.29, 1.82) is 0 Å². The molecule has 4 rings (SSSR count). The summed E-state index contributed by atoms with van der Waals surface area (Å²) in [5, 5.41) is 5.02. The predicted octanol–water partition coefficient (Wildman–Crippen LogP) is 2.49. The quantitative estimate of drug-likeness (QED) is 0.746. The summed E-state index contributed by atoms with van der Waals surface area (Å²) in [5.41, 5.74) is 2.52. The molecule has 2 N–H and O–H groups in total. The van der Waals surface area contributed by atoms with Gasteiger partial charge >= 0.3 is 0 Å². The number of thiophene rings is 1. The summed E-state index contributed by atoms with van der Waals surface area (Å²) in [4.78, 5) is 29.4. The van der Waals surface area contributed by atoms with Crippen molar-refractivity contribution in [2.24, 2.45) is 5.92 Å². The van der Waals surface area contributed by atoms with E-state index in [1.54, 1.807) is 4.90 Å². The molecule has 6 heteroatoms. The molecule has 0 radical (unpaired) electrons. The van der Waals surface area contributed by atoms with E-state index in [2.05, 4.69) is 29.6 Å². The summed E-state index contributed by atoms with van der Waals surface area (Å²) in [6.45, 7) is 5.56. The van der Waals surface area contributed by atoms with Crippen LogP contribution in [0.15, 0.2) is 41.8 Å². The normalized spacial score (nSPS) is 18.3. The molecular weight excluding hydrogens is 394 g/mol. The molecule has 0 atom stereocenters.